The Morgan fingerprint density at radius 2 is 2.40 bits per heavy atom. The lowest BCUT2D eigenvalue weighted by atomic mass is 10.2. The van der Waals surface area contributed by atoms with Gasteiger partial charge in [-0.05, 0) is 6.42 Å². The monoisotopic (exact) mass is 279 g/mol. The minimum Gasteiger partial charge on any atom is -0.376 e. The molecular formula is C10H18BrNO3. The smallest absolute Gasteiger partial charge is 0.251 e. The van der Waals surface area contributed by atoms with Gasteiger partial charge in [-0.25, -0.2) is 0 Å². The molecule has 4 nitrogen and oxygen atoms in total. The van der Waals surface area contributed by atoms with E-state index < -0.39 is 6.10 Å². The van der Waals surface area contributed by atoms with Crippen LogP contribution in [-0.4, -0.2) is 43.2 Å². The maximum absolute atomic E-state index is 11.6. The van der Waals surface area contributed by atoms with Crippen molar-refractivity contribution in [3.8, 4) is 0 Å². The maximum Gasteiger partial charge on any atom is 0.251 e. The van der Waals surface area contributed by atoms with E-state index in [4.69, 9.17) is 9.47 Å². The molecule has 1 amide bonds. The van der Waals surface area contributed by atoms with E-state index >= 15 is 0 Å². The molecule has 1 rings (SSSR count). The molecule has 0 radical (unpaired) electrons. The van der Waals surface area contributed by atoms with Crippen LogP contribution in [0.5, 0.6) is 0 Å². The number of amides is 1. The number of rotatable bonds is 5. The van der Waals surface area contributed by atoms with Gasteiger partial charge >= 0.3 is 0 Å². The van der Waals surface area contributed by atoms with E-state index in [9.17, 15) is 4.79 Å². The number of carbonyl (C=O) groups is 1. The zero-order chi connectivity index (χ0) is 11.1. The first kappa shape index (κ1) is 12.9. The quantitative estimate of drug-likeness (QED) is 0.767. The summed E-state index contributed by atoms with van der Waals surface area (Å²) in [5, 5.41) is 2.85. The molecule has 88 valence electrons. The third-order valence-electron chi connectivity index (χ3n) is 2.21. The Morgan fingerprint density at radius 1 is 1.60 bits per heavy atom. The molecule has 0 aliphatic carbocycles. The fourth-order valence-electron chi connectivity index (χ4n) is 1.38. The Kier molecular flexibility index (Phi) is 6.20. The molecule has 1 heterocycles. The van der Waals surface area contributed by atoms with Crippen LogP contribution in [0.2, 0.25) is 0 Å². The van der Waals surface area contributed by atoms with Gasteiger partial charge in [0.05, 0.1) is 19.8 Å². The van der Waals surface area contributed by atoms with Crippen molar-refractivity contribution in [2.75, 3.05) is 26.4 Å². The van der Waals surface area contributed by atoms with Crippen LogP contribution in [0.15, 0.2) is 0 Å². The average Bonchev–Trinajstić information content (AvgIpc) is 2.27. The summed E-state index contributed by atoms with van der Waals surface area (Å²) in [5.74, 6) is -0.0738. The molecule has 0 saturated carbocycles. The number of ether oxygens (including phenoxy) is 2. The van der Waals surface area contributed by atoms with Crippen LogP contribution in [0.3, 0.4) is 0 Å². The average molecular weight is 280 g/mol. The fourth-order valence-corrected chi connectivity index (χ4v) is 2.00. The van der Waals surface area contributed by atoms with Crippen molar-refractivity contribution in [3.05, 3.63) is 0 Å². The summed E-state index contributed by atoms with van der Waals surface area (Å²) in [5.41, 5.74) is 0. The van der Waals surface area contributed by atoms with Gasteiger partial charge in [0.2, 0.25) is 0 Å². The van der Waals surface area contributed by atoms with Crippen LogP contribution >= 0.6 is 15.9 Å². The molecule has 1 aliphatic heterocycles. The molecule has 1 fully saturated rings. The first-order valence-electron chi connectivity index (χ1n) is 5.35. The Hall–Kier alpha value is -0.130. The Balaban J connectivity index is 2.16. The van der Waals surface area contributed by atoms with Crippen molar-refractivity contribution in [1.29, 1.82) is 0 Å². The summed E-state index contributed by atoms with van der Waals surface area (Å²) in [7, 11) is 0. The Labute approximate surface area is 98.8 Å². The van der Waals surface area contributed by atoms with Crippen LogP contribution in [0.4, 0.5) is 0 Å². The molecular weight excluding hydrogens is 262 g/mol. The molecule has 2 atom stereocenters. The van der Waals surface area contributed by atoms with E-state index in [1.807, 2.05) is 0 Å². The Morgan fingerprint density at radius 3 is 3.00 bits per heavy atom. The second kappa shape index (κ2) is 7.19. The van der Waals surface area contributed by atoms with Gasteiger partial charge in [-0.1, -0.05) is 29.3 Å². The highest BCUT2D eigenvalue weighted by atomic mass is 79.9. The van der Waals surface area contributed by atoms with Crippen LogP contribution in [0.25, 0.3) is 0 Å². The van der Waals surface area contributed by atoms with Gasteiger partial charge in [0.25, 0.3) is 5.91 Å². The molecule has 1 saturated heterocycles. The van der Waals surface area contributed by atoms with Gasteiger partial charge in [-0.3, -0.25) is 4.79 Å². The summed E-state index contributed by atoms with van der Waals surface area (Å²) in [4.78, 5) is 11.9. The minimum absolute atomic E-state index is 0.0738. The molecule has 0 aromatic heterocycles. The van der Waals surface area contributed by atoms with Crippen molar-refractivity contribution >= 4 is 21.8 Å². The lowest BCUT2D eigenvalue weighted by Gasteiger charge is -2.22. The van der Waals surface area contributed by atoms with Gasteiger partial charge in [0.15, 0.2) is 6.10 Å². The highest BCUT2D eigenvalue weighted by Crippen LogP contribution is 2.07. The predicted molar refractivity (Wildman–Crippen MR) is 61.2 cm³/mol. The molecule has 0 aromatic carbocycles. The largest absolute Gasteiger partial charge is 0.376 e. The minimum atomic E-state index is -0.430. The van der Waals surface area contributed by atoms with E-state index in [-0.39, 0.29) is 5.91 Å². The topological polar surface area (TPSA) is 47.6 Å². The molecule has 0 spiro atoms. The SMILES string of the molecule is CCCC(Br)CNC(=O)C1COCCO1. The maximum atomic E-state index is 11.6. The van der Waals surface area contributed by atoms with E-state index in [1.54, 1.807) is 0 Å². The normalized spacial score (nSPS) is 23.5. The lowest BCUT2D eigenvalue weighted by molar-refractivity contribution is -0.147. The van der Waals surface area contributed by atoms with Gasteiger partial charge in [-0.2, -0.15) is 0 Å². The number of halogens is 1. The van der Waals surface area contributed by atoms with Gasteiger partial charge in [-0.15, -0.1) is 0 Å². The van der Waals surface area contributed by atoms with Crippen molar-refractivity contribution < 1.29 is 14.3 Å². The lowest BCUT2D eigenvalue weighted by Crippen LogP contribution is -2.44. The number of hydrogen-bond acceptors (Lipinski definition) is 3. The van der Waals surface area contributed by atoms with Crippen molar-refractivity contribution in [1.82, 2.24) is 5.32 Å². The van der Waals surface area contributed by atoms with Crippen LogP contribution < -0.4 is 5.32 Å². The van der Waals surface area contributed by atoms with Gasteiger partial charge < -0.3 is 14.8 Å². The first-order chi connectivity index (χ1) is 7.24. The van der Waals surface area contributed by atoms with E-state index in [1.165, 1.54) is 0 Å². The van der Waals surface area contributed by atoms with E-state index in [0.29, 0.717) is 31.2 Å². The molecule has 5 heteroatoms. The number of alkyl halides is 1. The van der Waals surface area contributed by atoms with Crippen molar-refractivity contribution in [2.45, 2.75) is 30.7 Å². The second-order valence-corrected chi connectivity index (χ2v) is 4.86. The Bertz CT molecular complexity index is 195. The third kappa shape index (κ3) is 4.95. The third-order valence-corrected chi connectivity index (χ3v) is 2.99. The molecule has 15 heavy (non-hydrogen) atoms. The van der Waals surface area contributed by atoms with E-state index in [2.05, 4.69) is 28.2 Å². The predicted octanol–water partition coefficient (Wildman–Crippen LogP) is 1.08. The number of hydrogen-bond donors (Lipinski definition) is 1. The van der Waals surface area contributed by atoms with Crippen LogP contribution in [0.1, 0.15) is 19.8 Å². The standard InChI is InChI=1S/C10H18BrNO3/c1-2-3-8(11)6-12-10(13)9-7-14-4-5-15-9/h8-9H,2-7H2,1H3,(H,12,13). The van der Waals surface area contributed by atoms with Gasteiger partial charge in [0.1, 0.15) is 0 Å². The van der Waals surface area contributed by atoms with E-state index in [0.717, 1.165) is 12.8 Å². The molecule has 2 unspecified atom stereocenters. The number of nitrogens with one attached hydrogen (secondary N) is 1. The zero-order valence-corrected chi connectivity index (χ0v) is 10.6. The summed E-state index contributed by atoms with van der Waals surface area (Å²) >= 11 is 3.50. The fraction of sp³-hybridized carbons (Fsp3) is 0.900. The summed E-state index contributed by atoms with van der Waals surface area (Å²) < 4.78 is 10.4. The summed E-state index contributed by atoms with van der Waals surface area (Å²) in [6.45, 7) is 4.22. The summed E-state index contributed by atoms with van der Waals surface area (Å²) in [6.07, 6.45) is 1.73. The molecule has 0 bridgehead atoms. The number of carbonyl (C=O) groups excluding carboxylic acids is 1. The van der Waals surface area contributed by atoms with Crippen LogP contribution in [0, 0.1) is 0 Å². The zero-order valence-electron chi connectivity index (χ0n) is 9.00. The summed E-state index contributed by atoms with van der Waals surface area (Å²) in [6, 6.07) is 0. The second-order valence-electron chi connectivity index (χ2n) is 3.57. The highest BCUT2D eigenvalue weighted by molar-refractivity contribution is 9.09. The molecule has 1 N–H and O–H groups in total. The van der Waals surface area contributed by atoms with Gasteiger partial charge in [0, 0.05) is 11.4 Å². The first-order valence-corrected chi connectivity index (χ1v) is 6.26. The molecule has 0 aromatic rings. The highest BCUT2D eigenvalue weighted by Gasteiger charge is 2.22. The van der Waals surface area contributed by atoms with Crippen molar-refractivity contribution in [2.24, 2.45) is 0 Å². The molecule has 1 aliphatic rings. The van der Waals surface area contributed by atoms with Crippen LogP contribution in [-0.2, 0) is 14.3 Å². The van der Waals surface area contributed by atoms with Crippen molar-refractivity contribution in [3.63, 3.8) is 0 Å².